The zero-order chi connectivity index (χ0) is 11.8. The molecule has 0 aliphatic heterocycles. The lowest BCUT2D eigenvalue weighted by atomic mass is 10.0. The minimum absolute atomic E-state index is 0.204. The molecule has 0 aliphatic rings. The highest BCUT2D eigenvalue weighted by Gasteiger charge is 2.33. The summed E-state index contributed by atoms with van der Waals surface area (Å²) in [5.41, 5.74) is -1.10. The summed E-state index contributed by atoms with van der Waals surface area (Å²) < 4.78 is 37.7. The van der Waals surface area contributed by atoms with Crippen LogP contribution < -0.4 is 0 Å². The van der Waals surface area contributed by atoms with Gasteiger partial charge >= 0.3 is 6.18 Å². The quantitative estimate of drug-likeness (QED) is 0.698. The van der Waals surface area contributed by atoms with Gasteiger partial charge in [-0.2, -0.15) is 13.2 Å². The molecule has 82 valence electrons. The van der Waals surface area contributed by atoms with Crippen molar-refractivity contribution < 1.29 is 18.0 Å². The summed E-state index contributed by atoms with van der Waals surface area (Å²) in [6.45, 7) is 0. The molecule has 0 radical (unpaired) electrons. The first-order valence-corrected chi connectivity index (χ1v) is 4.43. The van der Waals surface area contributed by atoms with E-state index in [0.717, 1.165) is 6.07 Å². The van der Waals surface area contributed by atoms with E-state index >= 15 is 0 Å². The normalized spacial score (nSPS) is 11.7. The van der Waals surface area contributed by atoms with Gasteiger partial charge in [-0.3, -0.25) is 9.78 Å². The Kier molecular flexibility index (Phi) is 2.38. The number of carbonyl (C=O) groups is 1. The minimum atomic E-state index is -4.54. The molecule has 0 bridgehead atoms. The van der Waals surface area contributed by atoms with Crippen molar-refractivity contribution in [1.82, 2.24) is 4.98 Å². The summed E-state index contributed by atoms with van der Waals surface area (Å²) in [4.78, 5) is 14.4. The fourth-order valence-corrected chi connectivity index (χ4v) is 1.48. The molecule has 2 rings (SSSR count). The van der Waals surface area contributed by atoms with Crippen LogP contribution in [0.2, 0.25) is 0 Å². The summed E-state index contributed by atoms with van der Waals surface area (Å²) >= 11 is 0. The van der Waals surface area contributed by atoms with E-state index in [9.17, 15) is 18.0 Å². The van der Waals surface area contributed by atoms with Crippen molar-refractivity contribution in [1.29, 1.82) is 0 Å². The fraction of sp³-hybridized carbons (Fsp3) is 0.0909. The molecular formula is C11H6F3NO. The number of benzene rings is 1. The maximum Gasteiger partial charge on any atom is 0.417 e. The van der Waals surface area contributed by atoms with E-state index in [0.29, 0.717) is 5.39 Å². The van der Waals surface area contributed by atoms with Gasteiger partial charge in [-0.15, -0.1) is 0 Å². The van der Waals surface area contributed by atoms with Crippen LogP contribution in [0.1, 0.15) is 15.9 Å². The zero-order valence-corrected chi connectivity index (χ0v) is 7.95. The van der Waals surface area contributed by atoms with Gasteiger partial charge in [0.15, 0.2) is 6.29 Å². The van der Waals surface area contributed by atoms with E-state index < -0.39 is 11.7 Å². The third kappa shape index (κ3) is 1.76. The van der Waals surface area contributed by atoms with Crippen LogP contribution in [0.3, 0.4) is 0 Å². The number of carbonyl (C=O) groups excluding carboxylic acids is 1. The van der Waals surface area contributed by atoms with Crippen LogP contribution >= 0.6 is 0 Å². The van der Waals surface area contributed by atoms with Crippen LogP contribution in [-0.4, -0.2) is 11.3 Å². The molecule has 0 saturated carbocycles. The van der Waals surface area contributed by atoms with Gasteiger partial charge in [-0.05, 0) is 18.2 Å². The van der Waals surface area contributed by atoms with Gasteiger partial charge in [-0.1, -0.05) is 6.07 Å². The van der Waals surface area contributed by atoms with Crippen molar-refractivity contribution in [3.8, 4) is 0 Å². The lowest BCUT2D eigenvalue weighted by Gasteiger charge is -2.10. The van der Waals surface area contributed by atoms with Crippen LogP contribution in [0.15, 0.2) is 30.5 Å². The maximum absolute atomic E-state index is 12.6. The molecule has 0 atom stereocenters. The Bertz CT molecular complexity index is 548. The van der Waals surface area contributed by atoms with Crippen LogP contribution in [0.25, 0.3) is 10.9 Å². The second kappa shape index (κ2) is 3.59. The van der Waals surface area contributed by atoms with Gasteiger partial charge < -0.3 is 0 Å². The summed E-state index contributed by atoms with van der Waals surface area (Å²) in [5, 5.41) is 0.512. The predicted octanol–water partition coefficient (Wildman–Crippen LogP) is 3.07. The van der Waals surface area contributed by atoms with Crippen molar-refractivity contribution in [3.05, 3.63) is 41.6 Å². The number of aromatic nitrogens is 1. The Labute approximate surface area is 88.7 Å². The monoisotopic (exact) mass is 225 g/mol. The Balaban J connectivity index is 2.77. The second-order valence-corrected chi connectivity index (χ2v) is 3.25. The number of hydrogen-bond acceptors (Lipinski definition) is 2. The molecular weight excluding hydrogens is 219 g/mol. The molecule has 0 saturated heterocycles. The number of halogens is 3. The lowest BCUT2D eigenvalue weighted by molar-refractivity contribution is -0.137. The van der Waals surface area contributed by atoms with E-state index in [1.807, 2.05) is 0 Å². The fourth-order valence-electron chi connectivity index (χ4n) is 1.48. The van der Waals surface area contributed by atoms with Crippen LogP contribution in [-0.2, 0) is 6.18 Å². The van der Waals surface area contributed by atoms with E-state index in [4.69, 9.17) is 0 Å². The van der Waals surface area contributed by atoms with Crippen LogP contribution in [0, 0.1) is 0 Å². The zero-order valence-electron chi connectivity index (χ0n) is 7.95. The number of aldehydes is 1. The van der Waals surface area contributed by atoms with Crippen molar-refractivity contribution in [2.75, 3.05) is 0 Å². The molecule has 0 aliphatic carbocycles. The predicted molar refractivity (Wildman–Crippen MR) is 52.1 cm³/mol. The highest BCUT2D eigenvalue weighted by atomic mass is 19.4. The average molecular weight is 225 g/mol. The highest BCUT2D eigenvalue weighted by Crippen LogP contribution is 2.33. The molecule has 1 aromatic heterocycles. The molecule has 2 nitrogen and oxygen atoms in total. The van der Waals surface area contributed by atoms with Crippen LogP contribution in [0.5, 0.6) is 0 Å². The van der Waals surface area contributed by atoms with Gasteiger partial charge in [0.25, 0.3) is 0 Å². The number of pyridine rings is 1. The van der Waals surface area contributed by atoms with Crippen molar-refractivity contribution in [3.63, 3.8) is 0 Å². The van der Waals surface area contributed by atoms with Gasteiger partial charge in [0.05, 0.1) is 11.1 Å². The number of rotatable bonds is 1. The first kappa shape index (κ1) is 10.6. The van der Waals surface area contributed by atoms with E-state index in [1.165, 1.54) is 12.3 Å². The third-order valence-corrected chi connectivity index (χ3v) is 2.21. The first-order valence-electron chi connectivity index (χ1n) is 4.43. The SMILES string of the molecule is O=Cc1cc2cccnc2cc1C(F)(F)F. The first-order chi connectivity index (χ1) is 7.52. The molecule has 0 amide bonds. The van der Waals surface area contributed by atoms with E-state index in [-0.39, 0.29) is 17.4 Å². The molecule has 0 spiro atoms. The van der Waals surface area contributed by atoms with Crippen LogP contribution in [0.4, 0.5) is 13.2 Å². The van der Waals surface area contributed by atoms with Crippen molar-refractivity contribution in [2.24, 2.45) is 0 Å². The molecule has 0 unspecified atom stereocenters. The van der Waals surface area contributed by atoms with E-state index in [2.05, 4.69) is 4.98 Å². The molecule has 5 heteroatoms. The molecule has 1 aromatic carbocycles. The maximum atomic E-state index is 12.6. The standard InChI is InChI=1S/C11H6F3NO/c12-11(13,14)9-5-10-7(2-1-3-15-10)4-8(9)6-16/h1-6H. The van der Waals surface area contributed by atoms with Gasteiger partial charge in [0, 0.05) is 17.1 Å². The number of fused-ring (bicyclic) bond motifs is 1. The minimum Gasteiger partial charge on any atom is -0.298 e. The average Bonchev–Trinajstić information content (AvgIpc) is 2.26. The van der Waals surface area contributed by atoms with Crippen molar-refractivity contribution in [2.45, 2.75) is 6.18 Å². The topological polar surface area (TPSA) is 30.0 Å². The lowest BCUT2D eigenvalue weighted by Crippen LogP contribution is -2.09. The molecule has 2 aromatic rings. The third-order valence-electron chi connectivity index (χ3n) is 2.21. The van der Waals surface area contributed by atoms with Crippen molar-refractivity contribution >= 4 is 17.2 Å². The Morgan fingerprint density at radius 2 is 2.00 bits per heavy atom. The number of nitrogens with zero attached hydrogens (tertiary/aromatic N) is 1. The molecule has 0 N–H and O–H groups in total. The largest absolute Gasteiger partial charge is 0.417 e. The van der Waals surface area contributed by atoms with Gasteiger partial charge in [0.2, 0.25) is 0 Å². The smallest absolute Gasteiger partial charge is 0.298 e. The Morgan fingerprint density at radius 1 is 1.25 bits per heavy atom. The van der Waals surface area contributed by atoms with Gasteiger partial charge in [0.1, 0.15) is 0 Å². The summed E-state index contributed by atoms with van der Waals surface area (Å²) in [7, 11) is 0. The number of hydrogen-bond donors (Lipinski definition) is 0. The summed E-state index contributed by atoms with van der Waals surface area (Å²) in [6.07, 6.45) is -2.93. The molecule has 16 heavy (non-hydrogen) atoms. The van der Waals surface area contributed by atoms with Gasteiger partial charge in [-0.25, -0.2) is 0 Å². The Morgan fingerprint density at radius 3 is 2.62 bits per heavy atom. The second-order valence-electron chi connectivity index (χ2n) is 3.25. The summed E-state index contributed by atoms with van der Waals surface area (Å²) in [6, 6.07) is 5.29. The Hall–Kier alpha value is -1.91. The summed E-state index contributed by atoms with van der Waals surface area (Å²) in [5.74, 6) is 0. The molecule has 0 fully saturated rings. The number of alkyl halides is 3. The van der Waals surface area contributed by atoms with E-state index in [1.54, 1.807) is 12.1 Å². The highest BCUT2D eigenvalue weighted by molar-refractivity contribution is 5.88. The molecule has 1 heterocycles.